The van der Waals surface area contributed by atoms with E-state index in [1.165, 1.54) is 0 Å². The maximum absolute atomic E-state index is 12.9. The highest BCUT2D eigenvalue weighted by Gasteiger charge is 2.35. The van der Waals surface area contributed by atoms with Gasteiger partial charge in [0.2, 0.25) is 5.91 Å². The molecule has 1 heterocycles. The number of benzene rings is 2. The summed E-state index contributed by atoms with van der Waals surface area (Å²) in [4.78, 5) is 29.3. The topological polar surface area (TPSA) is 40.6 Å². The monoisotopic (exact) mass is 336 g/mol. The summed E-state index contributed by atoms with van der Waals surface area (Å²) in [6, 6.07) is 15.0. The van der Waals surface area contributed by atoms with Crippen molar-refractivity contribution < 1.29 is 9.59 Å². The lowest BCUT2D eigenvalue weighted by molar-refractivity contribution is -0.124. The van der Waals surface area contributed by atoms with E-state index < -0.39 is 6.04 Å². The molecule has 1 fully saturated rings. The van der Waals surface area contributed by atoms with Crippen molar-refractivity contribution in [3.63, 3.8) is 0 Å². The molecule has 4 nitrogen and oxygen atoms in total. The third-order valence-electron chi connectivity index (χ3n) is 4.84. The number of nitrogens with zero attached hydrogens (tertiary/aromatic N) is 2. The molecule has 0 spiro atoms. The molecule has 1 atom stereocenters. The lowest BCUT2D eigenvalue weighted by Crippen LogP contribution is -2.58. The van der Waals surface area contributed by atoms with Crippen molar-refractivity contribution in [2.45, 2.75) is 33.2 Å². The maximum Gasteiger partial charge on any atom is 0.254 e. The maximum atomic E-state index is 12.9. The van der Waals surface area contributed by atoms with Crippen molar-refractivity contribution in [1.29, 1.82) is 0 Å². The van der Waals surface area contributed by atoms with Gasteiger partial charge in [0.15, 0.2) is 0 Å². The highest BCUT2D eigenvalue weighted by atomic mass is 16.2. The van der Waals surface area contributed by atoms with Gasteiger partial charge in [0.1, 0.15) is 6.04 Å². The molecule has 1 aliphatic heterocycles. The Hall–Kier alpha value is -2.62. The number of para-hydroxylation sites is 1. The second-order valence-electron chi connectivity index (χ2n) is 6.52. The van der Waals surface area contributed by atoms with E-state index in [1.54, 1.807) is 4.90 Å². The lowest BCUT2D eigenvalue weighted by atomic mass is 10.0. The Morgan fingerprint density at radius 1 is 1.12 bits per heavy atom. The molecule has 0 N–H and O–H groups in total. The predicted octanol–water partition coefficient (Wildman–Crippen LogP) is 3.43. The normalized spacial score (nSPS) is 17.7. The Labute approximate surface area is 149 Å². The van der Waals surface area contributed by atoms with Gasteiger partial charge in [0.05, 0.1) is 0 Å². The van der Waals surface area contributed by atoms with Gasteiger partial charge in [-0.1, -0.05) is 42.8 Å². The van der Waals surface area contributed by atoms with Gasteiger partial charge in [-0.2, -0.15) is 0 Å². The summed E-state index contributed by atoms with van der Waals surface area (Å²) in [6.07, 6.45) is 0.875. The average molecular weight is 336 g/mol. The fourth-order valence-electron chi connectivity index (χ4n) is 3.40. The molecule has 1 saturated heterocycles. The number of carbonyl (C=O) groups excluding carboxylic acids is 2. The van der Waals surface area contributed by atoms with E-state index in [9.17, 15) is 9.59 Å². The van der Waals surface area contributed by atoms with Crippen molar-refractivity contribution in [3.05, 3.63) is 65.2 Å². The number of aryl methyl sites for hydroxylation is 2. The van der Waals surface area contributed by atoms with Gasteiger partial charge in [-0.25, -0.2) is 0 Å². The molecule has 0 radical (unpaired) electrons. The van der Waals surface area contributed by atoms with Crippen molar-refractivity contribution in [2.24, 2.45) is 0 Å². The van der Waals surface area contributed by atoms with Gasteiger partial charge >= 0.3 is 0 Å². The van der Waals surface area contributed by atoms with Crippen LogP contribution in [0.2, 0.25) is 0 Å². The molecule has 2 aromatic rings. The molecule has 130 valence electrons. The van der Waals surface area contributed by atoms with Gasteiger partial charge in [0, 0.05) is 24.3 Å². The fraction of sp³-hybridized carbons (Fsp3) is 0.333. The zero-order chi connectivity index (χ0) is 18.0. The molecule has 25 heavy (non-hydrogen) atoms. The van der Waals surface area contributed by atoms with E-state index in [4.69, 9.17) is 0 Å². The standard InChI is InChI=1S/C21H24N2O2/c1-4-17-9-5-6-11-19(17)23-13-12-22(16(3)20(23)24)21(25)18-10-7-8-15(2)14-18/h5-11,14,16H,4,12-13H2,1-3H3. The van der Waals surface area contributed by atoms with Crippen LogP contribution in [0.3, 0.4) is 0 Å². The zero-order valence-corrected chi connectivity index (χ0v) is 15.0. The SMILES string of the molecule is CCc1ccccc1N1CCN(C(=O)c2cccc(C)c2)C(C)C1=O. The molecule has 0 aliphatic carbocycles. The van der Waals surface area contributed by atoms with Crippen LogP contribution >= 0.6 is 0 Å². The Morgan fingerprint density at radius 2 is 1.88 bits per heavy atom. The molecule has 4 heteroatoms. The molecule has 1 aliphatic rings. The third kappa shape index (κ3) is 3.29. The Morgan fingerprint density at radius 3 is 2.60 bits per heavy atom. The van der Waals surface area contributed by atoms with Crippen LogP contribution in [0, 0.1) is 6.92 Å². The van der Waals surface area contributed by atoms with Gasteiger partial charge in [-0.05, 0) is 44.0 Å². The van der Waals surface area contributed by atoms with E-state index in [0.29, 0.717) is 18.7 Å². The minimum atomic E-state index is -0.466. The predicted molar refractivity (Wildman–Crippen MR) is 99.9 cm³/mol. The van der Waals surface area contributed by atoms with E-state index >= 15 is 0 Å². The summed E-state index contributed by atoms with van der Waals surface area (Å²) in [7, 11) is 0. The van der Waals surface area contributed by atoms with Crippen molar-refractivity contribution in [2.75, 3.05) is 18.0 Å². The molecule has 3 rings (SSSR count). The van der Waals surface area contributed by atoms with Crippen LogP contribution in [0.5, 0.6) is 0 Å². The van der Waals surface area contributed by atoms with E-state index in [-0.39, 0.29) is 11.8 Å². The smallest absolute Gasteiger partial charge is 0.254 e. The average Bonchev–Trinajstić information content (AvgIpc) is 2.63. The van der Waals surface area contributed by atoms with Crippen LogP contribution in [0.25, 0.3) is 0 Å². The summed E-state index contributed by atoms with van der Waals surface area (Å²) in [6.45, 7) is 6.93. The number of anilines is 1. The largest absolute Gasteiger partial charge is 0.325 e. The highest BCUT2D eigenvalue weighted by Crippen LogP contribution is 2.25. The number of piperazine rings is 1. The zero-order valence-electron chi connectivity index (χ0n) is 15.0. The molecular weight excluding hydrogens is 312 g/mol. The van der Waals surface area contributed by atoms with Crippen molar-refractivity contribution in [3.8, 4) is 0 Å². The second-order valence-corrected chi connectivity index (χ2v) is 6.52. The number of hydrogen-bond donors (Lipinski definition) is 0. The van der Waals surface area contributed by atoms with Crippen LogP contribution in [-0.2, 0) is 11.2 Å². The van der Waals surface area contributed by atoms with Gasteiger partial charge in [-0.3, -0.25) is 9.59 Å². The first-order valence-corrected chi connectivity index (χ1v) is 8.80. The number of amides is 2. The van der Waals surface area contributed by atoms with Crippen LogP contribution in [-0.4, -0.2) is 35.8 Å². The molecule has 2 aromatic carbocycles. The van der Waals surface area contributed by atoms with Crippen LogP contribution in [0.1, 0.15) is 35.3 Å². The summed E-state index contributed by atoms with van der Waals surface area (Å²) in [5, 5.41) is 0. The molecule has 0 bridgehead atoms. The molecule has 1 unspecified atom stereocenters. The molecule has 0 saturated carbocycles. The Bertz CT molecular complexity index is 800. The Balaban J connectivity index is 1.83. The lowest BCUT2D eigenvalue weighted by Gasteiger charge is -2.39. The van der Waals surface area contributed by atoms with Gasteiger partial charge < -0.3 is 9.80 Å². The summed E-state index contributed by atoms with van der Waals surface area (Å²) in [5.41, 5.74) is 3.80. The first-order valence-electron chi connectivity index (χ1n) is 8.80. The first kappa shape index (κ1) is 17.2. The number of rotatable bonds is 3. The fourth-order valence-corrected chi connectivity index (χ4v) is 3.40. The van der Waals surface area contributed by atoms with Crippen molar-refractivity contribution >= 4 is 17.5 Å². The Kier molecular flexibility index (Phi) is 4.88. The third-order valence-corrected chi connectivity index (χ3v) is 4.84. The van der Waals surface area contributed by atoms with Crippen LogP contribution in [0.15, 0.2) is 48.5 Å². The summed E-state index contributed by atoms with van der Waals surface area (Å²) in [5.74, 6) is -0.0962. The van der Waals surface area contributed by atoms with E-state index in [0.717, 1.165) is 23.2 Å². The molecule has 2 amide bonds. The van der Waals surface area contributed by atoms with Crippen molar-refractivity contribution in [1.82, 2.24) is 4.90 Å². The van der Waals surface area contributed by atoms with E-state index in [2.05, 4.69) is 13.0 Å². The number of hydrogen-bond acceptors (Lipinski definition) is 2. The minimum Gasteiger partial charge on any atom is -0.325 e. The van der Waals surface area contributed by atoms with Gasteiger partial charge in [-0.15, -0.1) is 0 Å². The molecule has 0 aromatic heterocycles. The first-order chi connectivity index (χ1) is 12.0. The molecular formula is C21H24N2O2. The highest BCUT2D eigenvalue weighted by molar-refractivity contribution is 6.03. The number of carbonyl (C=O) groups is 2. The summed E-state index contributed by atoms with van der Waals surface area (Å²) >= 11 is 0. The van der Waals surface area contributed by atoms with Crippen LogP contribution in [0.4, 0.5) is 5.69 Å². The summed E-state index contributed by atoms with van der Waals surface area (Å²) < 4.78 is 0. The van der Waals surface area contributed by atoms with E-state index in [1.807, 2.05) is 61.2 Å². The van der Waals surface area contributed by atoms with Gasteiger partial charge in [0.25, 0.3) is 5.91 Å². The second kappa shape index (κ2) is 7.09. The minimum absolute atomic E-state index is 0.0202. The van der Waals surface area contributed by atoms with Crippen LogP contribution < -0.4 is 4.90 Å². The quantitative estimate of drug-likeness (QED) is 0.861.